The van der Waals surface area contributed by atoms with Gasteiger partial charge in [-0.05, 0) is 42.9 Å². The molecule has 0 unspecified atom stereocenters. The highest BCUT2D eigenvalue weighted by atomic mass is 16.3. The molecule has 1 aliphatic rings. The van der Waals surface area contributed by atoms with Crippen LogP contribution in [-0.4, -0.2) is 29.0 Å². The van der Waals surface area contributed by atoms with E-state index in [1.807, 2.05) is 17.0 Å². The number of amides is 1. The predicted octanol–water partition coefficient (Wildman–Crippen LogP) is 3.68. The van der Waals surface area contributed by atoms with E-state index in [0.29, 0.717) is 24.0 Å². The number of piperidine rings is 1. The Morgan fingerprint density at radius 3 is 2.45 bits per heavy atom. The van der Waals surface area contributed by atoms with Gasteiger partial charge in [0, 0.05) is 19.5 Å². The molecule has 1 saturated heterocycles. The second-order valence-electron chi connectivity index (χ2n) is 5.70. The number of aromatic hydroxyl groups is 1. The Bertz CT molecular complexity index is 419. The fourth-order valence-electron chi connectivity index (χ4n) is 2.89. The Morgan fingerprint density at radius 2 is 1.85 bits per heavy atom. The molecule has 110 valence electrons. The van der Waals surface area contributed by atoms with Crippen LogP contribution < -0.4 is 0 Å². The Labute approximate surface area is 121 Å². The van der Waals surface area contributed by atoms with Crippen molar-refractivity contribution in [2.24, 2.45) is 0 Å². The Morgan fingerprint density at radius 1 is 1.20 bits per heavy atom. The summed E-state index contributed by atoms with van der Waals surface area (Å²) >= 11 is 0. The van der Waals surface area contributed by atoms with E-state index in [2.05, 4.69) is 6.92 Å². The zero-order valence-electron chi connectivity index (χ0n) is 12.3. The highest BCUT2D eigenvalue weighted by Crippen LogP contribution is 2.29. The molecule has 1 heterocycles. The third-order valence-corrected chi connectivity index (χ3v) is 4.21. The van der Waals surface area contributed by atoms with Crippen molar-refractivity contribution in [3.8, 4) is 5.75 Å². The van der Waals surface area contributed by atoms with Gasteiger partial charge in [0.25, 0.3) is 0 Å². The third-order valence-electron chi connectivity index (χ3n) is 4.21. The van der Waals surface area contributed by atoms with Crippen LogP contribution in [0.4, 0.5) is 0 Å². The number of phenols is 1. The highest BCUT2D eigenvalue weighted by Gasteiger charge is 2.23. The van der Waals surface area contributed by atoms with Gasteiger partial charge in [-0.15, -0.1) is 0 Å². The molecule has 0 saturated carbocycles. The fraction of sp³-hybridized carbons (Fsp3) is 0.588. The molecule has 0 radical (unpaired) electrons. The lowest BCUT2D eigenvalue weighted by Gasteiger charge is -2.32. The minimum atomic E-state index is 0.317. The summed E-state index contributed by atoms with van der Waals surface area (Å²) in [6.07, 6.45) is 6.10. The van der Waals surface area contributed by atoms with Gasteiger partial charge in [-0.3, -0.25) is 4.79 Å². The standard InChI is InChI=1S/C17H25NO2/c1-2-3-4-5-17(20)18-12-10-15(11-13-18)14-6-8-16(19)9-7-14/h6-9,15,19H,2-5,10-13H2,1H3. The minimum absolute atomic E-state index is 0.317. The van der Waals surface area contributed by atoms with E-state index in [1.165, 1.54) is 5.56 Å². The predicted molar refractivity (Wildman–Crippen MR) is 80.8 cm³/mol. The van der Waals surface area contributed by atoms with Crippen LogP contribution >= 0.6 is 0 Å². The summed E-state index contributed by atoms with van der Waals surface area (Å²) in [6, 6.07) is 7.49. The van der Waals surface area contributed by atoms with E-state index >= 15 is 0 Å². The van der Waals surface area contributed by atoms with E-state index in [0.717, 1.165) is 45.2 Å². The first-order valence-corrected chi connectivity index (χ1v) is 7.77. The van der Waals surface area contributed by atoms with E-state index < -0.39 is 0 Å². The largest absolute Gasteiger partial charge is 0.508 e. The monoisotopic (exact) mass is 275 g/mol. The number of phenolic OH excluding ortho intramolecular Hbond substituents is 1. The maximum Gasteiger partial charge on any atom is 0.222 e. The summed E-state index contributed by atoms with van der Waals surface area (Å²) < 4.78 is 0. The normalized spacial score (nSPS) is 16.4. The molecular weight excluding hydrogens is 250 g/mol. The average molecular weight is 275 g/mol. The maximum absolute atomic E-state index is 12.1. The molecule has 1 fully saturated rings. The molecule has 1 aromatic carbocycles. The van der Waals surface area contributed by atoms with Gasteiger partial charge in [-0.2, -0.15) is 0 Å². The number of carbonyl (C=O) groups excluding carboxylic acids is 1. The molecule has 0 aliphatic carbocycles. The second-order valence-corrected chi connectivity index (χ2v) is 5.70. The molecule has 1 aliphatic heterocycles. The summed E-state index contributed by atoms with van der Waals surface area (Å²) in [5.41, 5.74) is 1.28. The Hall–Kier alpha value is -1.51. The number of unbranched alkanes of at least 4 members (excludes halogenated alkanes) is 2. The van der Waals surface area contributed by atoms with Crippen LogP contribution in [0, 0.1) is 0 Å². The average Bonchev–Trinajstić information content (AvgIpc) is 2.48. The van der Waals surface area contributed by atoms with E-state index in [1.54, 1.807) is 12.1 Å². The smallest absolute Gasteiger partial charge is 0.222 e. The molecule has 0 aromatic heterocycles. The van der Waals surface area contributed by atoms with Crippen LogP contribution in [0.3, 0.4) is 0 Å². The van der Waals surface area contributed by atoms with Crippen molar-refractivity contribution in [2.45, 2.75) is 51.4 Å². The molecule has 0 bridgehead atoms. The zero-order chi connectivity index (χ0) is 14.4. The maximum atomic E-state index is 12.1. The van der Waals surface area contributed by atoms with E-state index in [-0.39, 0.29) is 0 Å². The van der Waals surface area contributed by atoms with Crippen LogP contribution in [0.15, 0.2) is 24.3 Å². The number of benzene rings is 1. The van der Waals surface area contributed by atoms with Crippen molar-refractivity contribution in [2.75, 3.05) is 13.1 Å². The highest BCUT2D eigenvalue weighted by molar-refractivity contribution is 5.76. The first-order valence-electron chi connectivity index (χ1n) is 7.77. The van der Waals surface area contributed by atoms with Gasteiger partial charge < -0.3 is 10.0 Å². The Kier molecular flexibility index (Phi) is 5.45. The molecule has 1 N–H and O–H groups in total. The first-order chi connectivity index (χ1) is 9.70. The molecular formula is C17H25NO2. The third kappa shape index (κ3) is 3.99. The van der Waals surface area contributed by atoms with Crippen molar-refractivity contribution < 1.29 is 9.90 Å². The number of rotatable bonds is 5. The molecule has 2 rings (SSSR count). The minimum Gasteiger partial charge on any atom is -0.508 e. The van der Waals surface area contributed by atoms with Crippen molar-refractivity contribution in [1.82, 2.24) is 4.90 Å². The Balaban J connectivity index is 1.80. The molecule has 0 spiro atoms. The molecule has 1 amide bonds. The van der Waals surface area contributed by atoms with E-state index in [4.69, 9.17) is 0 Å². The lowest BCUT2D eigenvalue weighted by molar-refractivity contribution is -0.132. The van der Waals surface area contributed by atoms with Gasteiger partial charge in [0.05, 0.1) is 0 Å². The summed E-state index contributed by atoms with van der Waals surface area (Å²) in [4.78, 5) is 14.1. The second kappa shape index (κ2) is 7.32. The molecule has 3 nitrogen and oxygen atoms in total. The van der Waals surface area contributed by atoms with Crippen molar-refractivity contribution in [3.05, 3.63) is 29.8 Å². The van der Waals surface area contributed by atoms with Crippen LogP contribution in [-0.2, 0) is 4.79 Å². The quantitative estimate of drug-likeness (QED) is 0.833. The lowest BCUT2D eigenvalue weighted by atomic mass is 9.89. The van der Waals surface area contributed by atoms with Gasteiger partial charge in [0.15, 0.2) is 0 Å². The zero-order valence-corrected chi connectivity index (χ0v) is 12.3. The van der Waals surface area contributed by atoms with Crippen LogP contribution in [0.1, 0.15) is 56.9 Å². The number of carbonyl (C=O) groups is 1. The summed E-state index contributed by atoms with van der Waals surface area (Å²) in [6.45, 7) is 3.90. The summed E-state index contributed by atoms with van der Waals surface area (Å²) in [5, 5.41) is 9.32. The SMILES string of the molecule is CCCCCC(=O)N1CCC(c2ccc(O)cc2)CC1. The van der Waals surface area contributed by atoms with Crippen LogP contribution in [0.2, 0.25) is 0 Å². The lowest BCUT2D eigenvalue weighted by Crippen LogP contribution is -2.37. The molecule has 0 atom stereocenters. The number of hydrogen-bond donors (Lipinski definition) is 1. The number of hydrogen-bond acceptors (Lipinski definition) is 2. The van der Waals surface area contributed by atoms with Gasteiger partial charge in [0.1, 0.15) is 5.75 Å². The van der Waals surface area contributed by atoms with Crippen molar-refractivity contribution in [1.29, 1.82) is 0 Å². The van der Waals surface area contributed by atoms with E-state index in [9.17, 15) is 9.90 Å². The van der Waals surface area contributed by atoms with Crippen molar-refractivity contribution in [3.63, 3.8) is 0 Å². The van der Waals surface area contributed by atoms with Gasteiger partial charge in [0.2, 0.25) is 5.91 Å². The number of likely N-dealkylation sites (tertiary alicyclic amines) is 1. The molecule has 1 aromatic rings. The summed E-state index contributed by atoms with van der Waals surface area (Å²) in [5.74, 6) is 1.16. The summed E-state index contributed by atoms with van der Waals surface area (Å²) in [7, 11) is 0. The van der Waals surface area contributed by atoms with Crippen LogP contribution in [0.5, 0.6) is 5.75 Å². The van der Waals surface area contributed by atoms with Crippen molar-refractivity contribution >= 4 is 5.91 Å². The molecule has 3 heteroatoms. The topological polar surface area (TPSA) is 40.5 Å². The van der Waals surface area contributed by atoms with Gasteiger partial charge in [-0.25, -0.2) is 0 Å². The fourth-order valence-corrected chi connectivity index (χ4v) is 2.89. The number of nitrogens with zero attached hydrogens (tertiary/aromatic N) is 1. The van der Waals surface area contributed by atoms with Gasteiger partial charge in [-0.1, -0.05) is 31.9 Å². The van der Waals surface area contributed by atoms with Gasteiger partial charge >= 0.3 is 0 Å². The molecule has 20 heavy (non-hydrogen) atoms. The van der Waals surface area contributed by atoms with Crippen LogP contribution in [0.25, 0.3) is 0 Å². The first kappa shape index (κ1) is 14.9.